The lowest BCUT2D eigenvalue weighted by atomic mass is 9.90. The van der Waals surface area contributed by atoms with E-state index in [0.717, 1.165) is 60.8 Å². The van der Waals surface area contributed by atoms with E-state index in [1.165, 1.54) is 0 Å². The van der Waals surface area contributed by atoms with Crippen LogP contribution < -0.4 is 14.4 Å². The number of aromatic nitrogens is 4. The van der Waals surface area contributed by atoms with Gasteiger partial charge in [0.05, 0.1) is 22.8 Å². The standard InChI is InChI=1S/C33H36ClF2N7O2/c1-19-7-8-26-24(16-38-41-26)27(19)28-25(34)13-23-29(30(28)45-22-14-33(35,36)15-22)39-32(44-18-21-6-4-11-42(21)2)40-31(23)43-12-3-5-20(17-43)9-10-37/h7-8,13,16,20-22H,3-6,9,11-12,14-15,17-18H2,1-2H3,(H,38,41)/t20-,21-/m0/s1. The molecule has 0 amide bonds. The topological polar surface area (TPSA) is 103 Å². The third-order valence-electron chi connectivity index (χ3n) is 9.55. The van der Waals surface area contributed by atoms with Crippen molar-refractivity contribution in [1.29, 1.82) is 5.26 Å². The lowest BCUT2D eigenvalue weighted by Gasteiger charge is -2.36. The van der Waals surface area contributed by atoms with Gasteiger partial charge >= 0.3 is 6.01 Å². The van der Waals surface area contributed by atoms with Crippen molar-refractivity contribution in [3.05, 3.63) is 35.0 Å². The first-order chi connectivity index (χ1) is 21.7. The number of anilines is 1. The second-order valence-electron chi connectivity index (χ2n) is 12.8. The summed E-state index contributed by atoms with van der Waals surface area (Å²) >= 11 is 7.16. The summed E-state index contributed by atoms with van der Waals surface area (Å²) in [7, 11) is 2.09. The number of likely N-dealkylation sites (N-methyl/N-ethyl adjacent to an activating group) is 1. The molecule has 2 atom stereocenters. The Labute approximate surface area is 265 Å². The zero-order valence-electron chi connectivity index (χ0n) is 25.5. The van der Waals surface area contributed by atoms with Crippen molar-refractivity contribution >= 4 is 39.2 Å². The Bertz CT molecular complexity index is 1780. The first kappa shape index (κ1) is 29.9. The number of aromatic amines is 1. The Balaban J connectivity index is 1.42. The summed E-state index contributed by atoms with van der Waals surface area (Å²) in [4.78, 5) is 14.3. The number of halogens is 3. The molecule has 0 spiro atoms. The quantitative estimate of drug-likeness (QED) is 0.223. The Morgan fingerprint density at radius 1 is 1.13 bits per heavy atom. The van der Waals surface area contributed by atoms with Crippen molar-refractivity contribution in [2.24, 2.45) is 5.92 Å². The van der Waals surface area contributed by atoms with Crippen LogP contribution in [0.25, 0.3) is 32.9 Å². The van der Waals surface area contributed by atoms with Gasteiger partial charge < -0.3 is 19.3 Å². The summed E-state index contributed by atoms with van der Waals surface area (Å²) in [6.07, 6.45) is 4.74. The normalized spacial score (nSPS) is 22.1. The second-order valence-corrected chi connectivity index (χ2v) is 13.2. The van der Waals surface area contributed by atoms with Gasteiger partial charge in [0.1, 0.15) is 24.0 Å². The number of nitriles is 1. The number of hydrogen-bond donors (Lipinski definition) is 1. The Morgan fingerprint density at radius 2 is 1.96 bits per heavy atom. The number of rotatable bonds is 8. The highest BCUT2D eigenvalue weighted by Gasteiger charge is 2.47. The number of aryl methyl sites for hydroxylation is 1. The first-order valence-corrected chi connectivity index (χ1v) is 16.1. The molecule has 2 aromatic heterocycles. The van der Waals surface area contributed by atoms with Gasteiger partial charge in [-0.3, -0.25) is 5.10 Å². The summed E-state index contributed by atoms with van der Waals surface area (Å²) in [5.41, 5.74) is 3.59. The Kier molecular flexibility index (Phi) is 7.90. The summed E-state index contributed by atoms with van der Waals surface area (Å²) in [5, 5.41) is 18.6. The van der Waals surface area contributed by atoms with Crippen molar-refractivity contribution in [3.8, 4) is 29.0 Å². The highest BCUT2D eigenvalue weighted by Crippen LogP contribution is 2.50. The van der Waals surface area contributed by atoms with Crippen LogP contribution in [0.2, 0.25) is 5.02 Å². The molecule has 1 aliphatic carbocycles. The zero-order chi connectivity index (χ0) is 31.3. The fraction of sp³-hybridized carbons (Fsp3) is 0.515. The molecule has 45 heavy (non-hydrogen) atoms. The summed E-state index contributed by atoms with van der Waals surface area (Å²) in [6, 6.07) is 8.54. The number of nitrogens with one attached hydrogen (secondary N) is 1. The van der Waals surface area contributed by atoms with Crippen LogP contribution in [0.4, 0.5) is 14.6 Å². The highest BCUT2D eigenvalue weighted by atomic mass is 35.5. The number of piperidine rings is 1. The molecule has 2 saturated heterocycles. The molecule has 7 rings (SSSR count). The number of ether oxygens (including phenoxy) is 2. The number of fused-ring (bicyclic) bond motifs is 2. The van der Waals surface area contributed by atoms with Crippen molar-refractivity contribution in [1.82, 2.24) is 25.1 Å². The number of nitrogens with zero attached hydrogens (tertiary/aromatic N) is 6. The van der Waals surface area contributed by atoms with E-state index < -0.39 is 12.0 Å². The van der Waals surface area contributed by atoms with Crippen LogP contribution in [0, 0.1) is 24.2 Å². The van der Waals surface area contributed by atoms with E-state index in [2.05, 4.69) is 33.1 Å². The van der Waals surface area contributed by atoms with Crippen LogP contribution in [0.1, 0.15) is 50.5 Å². The lowest BCUT2D eigenvalue weighted by Crippen LogP contribution is -2.43. The molecule has 2 aromatic carbocycles. The van der Waals surface area contributed by atoms with E-state index in [1.807, 2.05) is 25.1 Å². The SMILES string of the molecule is Cc1ccc2[nH]ncc2c1-c1c(Cl)cc2c(N3CCC[C@@H](CC#N)C3)nc(OC[C@@H]3CCCN3C)nc2c1OC1CC(F)(F)C1. The van der Waals surface area contributed by atoms with Gasteiger partial charge in [0.25, 0.3) is 5.92 Å². The van der Waals surface area contributed by atoms with Crippen molar-refractivity contribution in [2.75, 3.05) is 38.2 Å². The molecule has 9 nitrogen and oxygen atoms in total. The van der Waals surface area contributed by atoms with E-state index in [-0.39, 0.29) is 30.8 Å². The van der Waals surface area contributed by atoms with Gasteiger partial charge in [0.2, 0.25) is 0 Å². The molecule has 236 valence electrons. The summed E-state index contributed by atoms with van der Waals surface area (Å²) < 4.78 is 41.0. The summed E-state index contributed by atoms with van der Waals surface area (Å²) in [6.45, 7) is 4.82. The fourth-order valence-corrected chi connectivity index (χ4v) is 7.34. The van der Waals surface area contributed by atoms with E-state index in [1.54, 1.807) is 6.20 Å². The van der Waals surface area contributed by atoms with E-state index in [9.17, 15) is 14.0 Å². The van der Waals surface area contributed by atoms with E-state index in [0.29, 0.717) is 52.6 Å². The zero-order valence-corrected chi connectivity index (χ0v) is 26.2. The molecule has 3 aliphatic rings. The van der Waals surface area contributed by atoms with Crippen molar-refractivity contribution < 1.29 is 18.3 Å². The molecule has 4 aromatic rings. The number of likely N-dealkylation sites (tertiary alicyclic amines) is 1. The molecule has 2 aliphatic heterocycles. The van der Waals surface area contributed by atoms with Crippen molar-refractivity contribution in [3.63, 3.8) is 0 Å². The monoisotopic (exact) mass is 635 g/mol. The van der Waals surface area contributed by atoms with E-state index >= 15 is 0 Å². The van der Waals surface area contributed by atoms with Gasteiger partial charge in [0, 0.05) is 60.3 Å². The largest absolute Gasteiger partial charge is 0.487 e. The van der Waals surface area contributed by atoms with E-state index in [4.69, 9.17) is 31.0 Å². The molecule has 4 heterocycles. The van der Waals surface area contributed by atoms with Crippen LogP contribution in [0.3, 0.4) is 0 Å². The molecular weight excluding hydrogens is 600 g/mol. The van der Waals surface area contributed by atoms with Crippen LogP contribution in [-0.4, -0.2) is 76.4 Å². The van der Waals surface area contributed by atoms with Crippen LogP contribution in [-0.2, 0) is 0 Å². The molecule has 3 fully saturated rings. The van der Waals surface area contributed by atoms with Gasteiger partial charge in [-0.15, -0.1) is 0 Å². The minimum atomic E-state index is -2.77. The maximum atomic E-state index is 14.1. The molecule has 12 heteroatoms. The number of alkyl halides is 2. The number of hydrogen-bond acceptors (Lipinski definition) is 8. The molecule has 0 unspecified atom stereocenters. The predicted molar refractivity (Wildman–Crippen MR) is 169 cm³/mol. The van der Waals surface area contributed by atoms with Gasteiger partial charge in [-0.1, -0.05) is 17.7 Å². The second kappa shape index (κ2) is 11.9. The third kappa shape index (κ3) is 5.74. The predicted octanol–water partition coefficient (Wildman–Crippen LogP) is 6.91. The lowest BCUT2D eigenvalue weighted by molar-refractivity contribution is -0.134. The smallest absolute Gasteiger partial charge is 0.319 e. The average molecular weight is 636 g/mol. The Hall–Kier alpha value is -3.75. The molecular formula is C33H36ClF2N7O2. The maximum Gasteiger partial charge on any atom is 0.319 e. The van der Waals surface area contributed by atoms with Gasteiger partial charge in [-0.05, 0) is 69.8 Å². The minimum absolute atomic E-state index is 0.203. The van der Waals surface area contributed by atoms with Crippen LogP contribution in [0.5, 0.6) is 11.8 Å². The van der Waals surface area contributed by atoms with Crippen LogP contribution >= 0.6 is 11.6 Å². The van der Waals surface area contributed by atoms with Gasteiger partial charge in [0.15, 0.2) is 5.75 Å². The average Bonchev–Trinajstić information content (AvgIpc) is 3.64. The molecule has 0 radical (unpaired) electrons. The van der Waals surface area contributed by atoms with Crippen LogP contribution in [0.15, 0.2) is 24.4 Å². The minimum Gasteiger partial charge on any atom is -0.487 e. The number of H-pyrrole nitrogens is 1. The first-order valence-electron chi connectivity index (χ1n) is 15.7. The fourth-order valence-electron chi connectivity index (χ4n) is 7.05. The highest BCUT2D eigenvalue weighted by molar-refractivity contribution is 6.35. The van der Waals surface area contributed by atoms with Gasteiger partial charge in [-0.2, -0.15) is 20.3 Å². The Morgan fingerprint density at radius 3 is 2.71 bits per heavy atom. The molecule has 0 bridgehead atoms. The molecule has 1 N–H and O–H groups in total. The third-order valence-corrected chi connectivity index (χ3v) is 9.85. The maximum absolute atomic E-state index is 14.1. The van der Waals surface area contributed by atoms with Crippen molar-refractivity contribution in [2.45, 2.75) is 69.9 Å². The summed E-state index contributed by atoms with van der Waals surface area (Å²) in [5.74, 6) is -1.58. The number of benzene rings is 2. The molecule has 1 saturated carbocycles. The van der Waals surface area contributed by atoms with Gasteiger partial charge in [-0.25, -0.2) is 8.78 Å².